The van der Waals surface area contributed by atoms with Crippen molar-refractivity contribution in [2.45, 2.75) is 19.9 Å². The van der Waals surface area contributed by atoms with Crippen LogP contribution in [0, 0.1) is 5.92 Å². The van der Waals surface area contributed by atoms with Gasteiger partial charge in [-0.3, -0.25) is 9.59 Å². The Labute approximate surface area is 88.6 Å². The Morgan fingerprint density at radius 1 is 1.40 bits per heavy atom. The summed E-state index contributed by atoms with van der Waals surface area (Å²) in [5.41, 5.74) is 5.12. The van der Waals surface area contributed by atoms with Crippen molar-refractivity contribution in [3.63, 3.8) is 0 Å². The molecular formula is C9H17N3O3. The minimum atomic E-state index is -0.652. The third kappa shape index (κ3) is 5.11. The van der Waals surface area contributed by atoms with E-state index < -0.39 is 11.9 Å². The van der Waals surface area contributed by atoms with E-state index in [2.05, 4.69) is 10.6 Å². The van der Waals surface area contributed by atoms with Crippen LogP contribution in [0.1, 0.15) is 13.8 Å². The van der Waals surface area contributed by atoms with Gasteiger partial charge in [-0.2, -0.15) is 0 Å². The lowest BCUT2D eigenvalue weighted by Gasteiger charge is -2.20. The van der Waals surface area contributed by atoms with Gasteiger partial charge in [-0.05, 0) is 5.92 Å². The number of nitrogens with two attached hydrogens (primary N) is 1. The standard InChI is InChI=1S/C9H17N3O3/c1-6(2)8(12-7(14)5-10)9(15)11-3-4-13/h4,6,8H,3,5,10H2,1-2H3,(H,11,15)(H,12,14). The molecule has 0 aliphatic carbocycles. The Morgan fingerprint density at radius 3 is 2.40 bits per heavy atom. The first-order valence-electron chi connectivity index (χ1n) is 4.73. The van der Waals surface area contributed by atoms with Gasteiger partial charge in [-0.1, -0.05) is 13.8 Å². The van der Waals surface area contributed by atoms with Crippen LogP contribution in [0.25, 0.3) is 0 Å². The van der Waals surface area contributed by atoms with E-state index in [1.54, 1.807) is 13.8 Å². The lowest BCUT2D eigenvalue weighted by atomic mass is 10.0. The van der Waals surface area contributed by atoms with Gasteiger partial charge < -0.3 is 21.2 Å². The van der Waals surface area contributed by atoms with Crippen LogP contribution < -0.4 is 16.4 Å². The highest BCUT2D eigenvalue weighted by molar-refractivity contribution is 5.89. The predicted octanol–water partition coefficient (Wildman–Crippen LogP) is -1.60. The van der Waals surface area contributed by atoms with Gasteiger partial charge in [0.1, 0.15) is 12.3 Å². The van der Waals surface area contributed by atoms with E-state index in [9.17, 15) is 14.4 Å². The van der Waals surface area contributed by atoms with Gasteiger partial charge >= 0.3 is 0 Å². The zero-order valence-electron chi connectivity index (χ0n) is 8.95. The highest BCUT2D eigenvalue weighted by atomic mass is 16.2. The summed E-state index contributed by atoms with van der Waals surface area (Å²) in [4.78, 5) is 32.5. The highest BCUT2D eigenvalue weighted by Crippen LogP contribution is 2.01. The highest BCUT2D eigenvalue weighted by Gasteiger charge is 2.22. The quantitative estimate of drug-likeness (QED) is 0.464. The summed E-state index contributed by atoms with van der Waals surface area (Å²) in [6.45, 7) is 3.37. The Kier molecular flexibility index (Phi) is 6.28. The van der Waals surface area contributed by atoms with Gasteiger partial charge in [0.05, 0.1) is 13.1 Å². The molecule has 1 unspecified atom stereocenters. The van der Waals surface area contributed by atoms with Crippen LogP contribution in [-0.2, 0) is 14.4 Å². The Bertz CT molecular complexity index is 241. The minimum absolute atomic E-state index is 0.0550. The van der Waals surface area contributed by atoms with Crippen LogP contribution in [0.3, 0.4) is 0 Å². The van der Waals surface area contributed by atoms with Crippen molar-refractivity contribution in [2.24, 2.45) is 11.7 Å². The number of hydrogen-bond donors (Lipinski definition) is 3. The molecule has 0 bridgehead atoms. The summed E-state index contributed by atoms with van der Waals surface area (Å²) in [5, 5.41) is 4.86. The van der Waals surface area contributed by atoms with E-state index in [0.29, 0.717) is 6.29 Å². The number of carbonyl (C=O) groups excluding carboxylic acids is 3. The van der Waals surface area contributed by atoms with Crippen LogP contribution in [0.5, 0.6) is 0 Å². The third-order valence-electron chi connectivity index (χ3n) is 1.81. The molecule has 0 aromatic heterocycles. The van der Waals surface area contributed by atoms with E-state index in [0.717, 1.165) is 0 Å². The van der Waals surface area contributed by atoms with Crippen LogP contribution in [0.15, 0.2) is 0 Å². The van der Waals surface area contributed by atoms with Crippen molar-refractivity contribution in [2.75, 3.05) is 13.1 Å². The van der Waals surface area contributed by atoms with Gasteiger partial charge in [0.15, 0.2) is 0 Å². The molecule has 0 rings (SSSR count). The van der Waals surface area contributed by atoms with Crippen molar-refractivity contribution < 1.29 is 14.4 Å². The van der Waals surface area contributed by atoms with Crippen LogP contribution in [0.2, 0.25) is 0 Å². The van der Waals surface area contributed by atoms with Crippen molar-refractivity contribution >= 4 is 18.1 Å². The van der Waals surface area contributed by atoms with Gasteiger partial charge in [0, 0.05) is 0 Å². The molecule has 4 N–H and O–H groups in total. The summed E-state index contributed by atoms with van der Waals surface area (Å²) in [6.07, 6.45) is 0.583. The molecule has 15 heavy (non-hydrogen) atoms. The number of aldehydes is 1. The average molecular weight is 215 g/mol. The molecule has 6 heteroatoms. The zero-order valence-corrected chi connectivity index (χ0v) is 8.95. The molecule has 0 aromatic carbocycles. The lowest BCUT2D eigenvalue weighted by Crippen LogP contribution is -2.51. The van der Waals surface area contributed by atoms with E-state index in [1.807, 2.05) is 0 Å². The SMILES string of the molecule is CC(C)C(NC(=O)CN)C(=O)NCC=O. The zero-order chi connectivity index (χ0) is 11.8. The number of nitrogens with one attached hydrogen (secondary N) is 2. The summed E-state index contributed by atoms with van der Waals surface area (Å²) >= 11 is 0. The van der Waals surface area contributed by atoms with E-state index in [-0.39, 0.29) is 24.9 Å². The topological polar surface area (TPSA) is 101 Å². The molecule has 0 aromatic rings. The molecule has 0 heterocycles. The first-order valence-corrected chi connectivity index (χ1v) is 4.73. The largest absolute Gasteiger partial charge is 0.348 e. The fraction of sp³-hybridized carbons (Fsp3) is 0.667. The summed E-state index contributed by atoms with van der Waals surface area (Å²) in [7, 11) is 0. The lowest BCUT2D eigenvalue weighted by molar-refractivity contribution is -0.129. The maximum absolute atomic E-state index is 11.5. The fourth-order valence-corrected chi connectivity index (χ4v) is 1.02. The molecule has 0 aliphatic rings. The van der Waals surface area contributed by atoms with Crippen molar-refractivity contribution in [1.29, 1.82) is 0 Å². The molecule has 2 amide bonds. The van der Waals surface area contributed by atoms with E-state index in [4.69, 9.17) is 5.73 Å². The fourth-order valence-electron chi connectivity index (χ4n) is 1.02. The second-order valence-electron chi connectivity index (χ2n) is 3.41. The maximum atomic E-state index is 11.5. The molecule has 86 valence electrons. The van der Waals surface area contributed by atoms with Gasteiger partial charge in [-0.25, -0.2) is 0 Å². The molecular weight excluding hydrogens is 198 g/mol. The van der Waals surface area contributed by atoms with Gasteiger partial charge in [0.2, 0.25) is 11.8 Å². The molecule has 0 radical (unpaired) electrons. The van der Waals surface area contributed by atoms with E-state index >= 15 is 0 Å². The van der Waals surface area contributed by atoms with Gasteiger partial charge in [0.25, 0.3) is 0 Å². The molecule has 0 saturated carbocycles. The van der Waals surface area contributed by atoms with Crippen LogP contribution in [0.4, 0.5) is 0 Å². The maximum Gasteiger partial charge on any atom is 0.243 e. The predicted molar refractivity (Wildman–Crippen MR) is 54.9 cm³/mol. The molecule has 1 atom stereocenters. The summed E-state index contributed by atoms with van der Waals surface area (Å²) in [5.74, 6) is -0.832. The number of hydrogen-bond acceptors (Lipinski definition) is 4. The van der Waals surface area contributed by atoms with Gasteiger partial charge in [-0.15, -0.1) is 0 Å². The Hall–Kier alpha value is -1.43. The molecule has 0 aliphatic heterocycles. The monoisotopic (exact) mass is 215 g/mol. The number of carbonyl (C=O) groups is 3. The van der Waals surface area contributed by atoms with Crippen molar-refractivity contribution in [1.82, 2.24) is 10.6 Å². The van der Waals surface area contributed by atoms with Crippen molar-refractivity contribution in [3.05, 3.63) is 0 Å². The Morgan fingerprint density at radius 2 is 2.00 bits per heavy atom. The second kappa shape index (κ2) is 6.94. The van der Waals surface area contributed by atoms with Crippen molar-refractivity contribution in [3.8, 4) is 0 Å². The normalized spacial score (nSPS) is 12.0. The Balaban J connectivity index is 4.31. The number of amides is 2. The van der Waals surface area contributed by atoms with Crippen LogP contribution >= 0.6 is 0 Å². The minimum Gasteiger partial charge on any atom is -0.348 e. The summed E-state index contributed by atoms with van der Waals surface area (Å²) in [6, 6.07) is -0.652. The second-order valence-corrected chi connectivity index (χ2v) is 3.41. The number of rotatable bonds is 6. The first-order chi connectivity index (χ1) is 7.02. The summed E-state index contributed by atoms with van der Waals surface area (Å²) < 4.78 is 0. The van der Waals surface area contributed by atoms with Crippen LogP contribution in [-0.4, -0.2) is 37.2 Å². The first kappa shape index (κ1) is 13.6. The smallest absolute Gasteiger partial charge is 0.243 e. The molecule has 0 spiro atoms. The molecule has 0 fully saturated rings. The third-order valence-corrected chi connectivity index (χ3v) is 1.81. The van der Waals surface area contributed by atoms with E-state index in [1.165, 1.54) is 0 Å². The molecule has 0 saturated heterocycles. The molecule has 6 nitrogen and oxygen atoms in total. The average Bonchev–Trinajstić information content (AvgIpc) is 2.21.